The monoisotopic (exact) mass is 696 g/mol. The van der Waals surface area contributed by atoms with E-state index in [9.17, 15) is 0 Å². The third-order valence-corrected chi connectivity index (χ3v) is 12.7. The zero-order valence-corrected chi connectivity index (χ0v) is 30.8. The van der Waals surface area contributed by atoms with Gasteiger partial charge in [0.1, 0.15) is 0 Å². The van der Waals surface area contributed by atoms with E-state index in [1.807, 2.05) is 0 Å². The lowest BCUT2D eigenvalue weighted by molar-refractivity contribution is 0.668. The fraction of sp³-hybridized carbons (Fsp3) is 0.0545. The predicted octanol–water partition coefficient (Wildman–Crippen LogP) is 15.4. The summed E-state index contributed by atoms with van der Waals surface area (Å²) in [6.45, 7) is 4.90. The van der Waals surface area contributed by atoms with E-state index in [1.165, 1.54) is 120 Å². The van der Waals surface area contributed by atoms with E-state index in [1.54, 1.807) is 0 Å². The van der Waals surface area contributed by atoms with E-state index in [0.29, 0.717) is 0 Å². The first-order valence-electron chi connectivity index (χ1n) is 19.4. The molecule has 1 aliphatic carbocycles. The van der Waals surface area contributed by atoms with Crippen LogP contribution in [0.25, 0.3) is 109 Å². The molecule has 0 unspecified atom stereocenters. The van der Waals surface area contributed by atoms with E-state index < -0.39 is 0 Å². The Morgan fingerprint density at radius 3 is 1.31 bits per heavy atom. The molecule has 11 aromatic carbocycles. The van der Waals surface area contributed by atoms with Gasteiger partial charge in [-0.3, -0.25) is 0 Å². The van der Waals surface area contributed by atoms with Crippen molar-refractivity contribution in [3.8, 4) is 33.4 Å². The Morgan fingerprint density at radius 1 is 0.255 bits per heavy atom. The Labute approximate surface area is 319 Å². The Morgan fingerprint density at radius 2 is 0.673 bits per heavy atom. The van der Waals surface area contributed by atoms with Crippen LogP contribution in [0.1, 0.15) is 25.0 Å². The number of hydrogen-bond donors (Lipinski definition) is 0. The van der Waals surface area contributed by atoms with E-state index in [0.717, 1.165) is 0 Å². The normalized spacial score (nSPS) is 13.4. The smallest absolute Gasteiger partial charge is 0.0171 e. The van der Waals surface area contributed by atoms with Crippen molar-refractivity contribution in [3.05, 3.63) is 193 Å². The molecule has 0 saturated heterocycles. The highest BCUT2D eigenvalue weighted by molar-refractivity contribution is 6.26. The fourth-order valence-electron chi connectivity index (χ4n) is 10.5. The Hall–Kier alpha value is -6.76. The molecule has 0 heteroatoms. The summed E-state index contributed by atoms with van der Waals surface area (Å²) in [5, 5.41) is 18.2. The average molecular weight is 697 g/mol. The van der Waals surface area contributed by atoms with Crippen molar-refractivity contribution in [1.29, 1.82) is 0 Å². The largest absolute Gasteiger partial charge is 0.0616 e. The summed E-state index contributed by atoms with van der Waals surface area (Å²) in [5.41, 5.74) is 10.6. The fourth-order valence-corrected chi connectivity index (χ4v) is 10.5. The van der Waals surface area contributed by atoms with E-state index in [2.05, 4.69) is 196 Å². The molecule has 0 bridgehead atoms. The average Bonchev–Trinajstić information content (AvgIpc) is 3.49. The molecule has 0 fully saturated rings. The molecule has 1 aliphatic rings. The van der Waals surface area contributed by atoms with Crippen LogP contribution < -0.4 is 0 Å². The lowest BCUT2D eigenvalue weighted by Crippen LogP contribution is -2.17. The van der Waals surface area contributed by atoms with Gasteiger partial charge < -0.3 is 0 Å². The summed E-state index contributed by atoms with van der Waals surface area (Å²) >= 11 is 0. The second kappa shape index (κ2) is 11.1. The summed E-state index contributed by atoms with van der Waals surface area (Å²) in [7, 11) is 0. The molecule has 0 aliphatic heterocycles. The second-order valence-corrected chi connectivity index (χ2v) is 15.9. The van der Waals surface area contributed by atoms with Gasteiger partial charge in [0.25, 0.3) is 0 Å². The van der Waals surface area contributed by atoms with E-state index in [4.69, 9.17) is 0 Å². The summed E-state index contributed by atoms with van der Waals surface area (Å²) in [6.07, 6.45) is 0. The first-order valence-corrected chi connectivity index (χ1v) is 19.4. The molecule has 0 spiro atoms. The van der Waals surface area contributed by atoms with Gasteiger partial charge in [0, 0.05) is 5.41 Å². The Balaban J connectivity index is 1.18. The lowest BCUT2D eigenvalue weighted by atomic mass is 9.75. The quantitative estimate of drug-likeness (QED) is 0.125. The Bertz CT molecular complexity index is 3390. The number of hydrogen-bond acceptors (Lipinski definition) is 0. The van der Waals surface area contributed by atoms with Gasteiger partial charge in [0.2, 0.25) is 0 Å². The maximum absolute atomic E-state index is 2.45. The lowest BCUT2D eigenvalue weighted by Gasteiger charge is -2.27. The summed E-state index contributed by atoms with van der Waals surface area (Å²) < 4.78 is 0. The van der Waals surface area contributed by atoms with Crippen molar-refractivity contribution in [2.75, 3.05) is 0 Å². The van der Waals surface area contributed by atoms with Crippen molar-refractivity contribution in [3.63, 3.8) is 0 Å². The van der Waals surface area contributed by atoms with Crippen LogP contribution in [-0.4, -0.2) is 0 Å². The van der Waals surface area contributed by atoms with Crippen LogP contribution in [0, 0.1) is 0 Å². The SMILES string of the molecule is CC1(C)c2c(-c3c4ccccc4c(-c4cccc5c4ccc4cc6ccccc6cc45)c4ccccc34)cccc2-c2c1c1ccccc1c1ccccc21. The van der Waals surface area contributed by atoms with Gasteiger partial charge in [-0.15, -0.1) is 0 Å². The molecular formula is C55H36. The minimum absolute atomic E-state index is 0.230. The first-order chi connectivity index (χ1) is 27.1. The van der Waals surface area contributed by atoms with Gasteiger partial charge >= 0.3 is 0 Å². The van der Waals surface area contributed by atoms with Crippen molar-refractivity contribution in [1.82, 2.24) is 0 Å². The highest BCUT2D eigenvalue weighted by atomic mass is 14.4. The number of benzene rings is 11. The molecule has 0 aromatic heterocycles. The van der Waals surface area contributed by atoms with Gasteiger partial charge in [0.05, 0.1) is 0 Å². The topological polar surface area (TPSA) is 0 Å². The molecule has 12 rings (SSSR count). The highest BCUT2D eigenvalue weighted by Crippen LogP contribution is 2.58. The minimum atomic E-state index is -0.230. The molecule has 55 heavy (non-hydrogen) atoms. The zero-order valence-electron chi connectivity index (χ0n) is 30.8. The van der Waals surface area contributed by atoms with Crippen molar-refractivity contribution >= 4 is 75.4 Å². The zero-order chi connectivity index (χ0) is 36.4. The molecule has 0 N–H and O–H groups in total. The van der Waals surface area contributed by atoms with Crippen LogP contribution in [0.15, 0.2) is 182 Å². The molecule has 0 nitrogen and oxygen atoms in total. The van der Waals surface area contributed by atoms with Gasteiger partial charge in [-0.05, 0) is 132 Å². The molecule has 0 atom stereocenters. The van der Waals surface area contributed by atoms with Crippen LogP contribution in [0.3, 0.4) is 0 Å². The van der Waals surface area contributed by atoms with Crippen LogP contribution in [0.2, 0.25) is 0 Å². The Kier molecular flexibility index (Phi) is 6.21. The molecule has 0 heterocycles. The summed E-state index contributed by atoms with van der Waals surface area (Å²) in [4.78, 5) is 0. The van der Waals surface area contributed by atoms with Crippen molar-refractivity contribution < 1.29 is 0 Å². The standard InChI is InChI=1S/C55H36/c1-55(2)53-47(27-14-28-48(53)52-41-19-7-5-17-36(41)37-18-6-12-24-46(37)54(52)55)51-44-22-10-8-20-42(44)50(43-21-9-11-23-45(43)51)40-26-13-25-38-39(40)30-29-35-31-33-15-3-4-16-34(33)32-49(35)38/h3-32H,1-2H3. The first kappa shape index (κ1) is 30.7. The molecule has 256 valence electrons. The maximum Gasteiger partial charge on any atom is 0.0171 e. The predicted molar refractivity (Wildman–Crippen MR) is 237 cm³/mol. The van der Waals surface area contributed by atoms with E-state index in [-0.39, 0.29) is 5.41 Å². The molecule has 11 aromatic rings. The van der Waals surface area contributed by atoms with Crippen LogP contribution in [-0.2, 0) is 5.41 Å². The van der Waals surface area contributed by atoms with Crippen LogP contribution >= 0.6 is 0 Å². The number of fused-ring (bicyclic) bond motifs is 14. The van der Waals surface area contributed by atoms with Gasteiger partial charge in [-0.2, -0.15) is 0 Å². The molecule has 0 amide bonds. The molecule has 0 saturated carbocycles. The van der Waals surface area contributed by atoms with Gasteiger partial charge in [-0.1, -0.05) is 184 Å². The maximum atomic E-state index is 2.45. The van der Waals surface area contributed by atoms with Crippen molar-refractivity contribution in [2.24, 2.45) is 0 Å². The molecule has 0 radical (unpaired) electrons. The van der Waals surface area contributed by atoms with Crippen LogP contribution in [0.5, 0.6) is 0 Å². The van der Waals surface area contributed by atoms with Gasteiger partial charge in [0.15, 0.2) is 0 Å². The highest BCUT2D eigenvalue weighted by Gasteiger charge is 2.40. The third-order valence-electron chi connectivity index (χ3n) is 12.7. The summed E-state index contributed by atoms with van der Waals surface area (Å²) in [6, 6.07) is 68.3. The van der Waals surface area contributed by atoms with Crippen molar-refractivity contribution in [2.45, 2.75) is 19.3 Å². The summed E-state index contributed by atoms with van der Waals surface area (Å²) in [5.74, 6) is 0. The second-order valence-electron chi connectivity index (χ2n) is 15.9. The minimum Gasteiger partial charge on any atom is -0.0616 e. The molecular weight excluding hydrogens is 661 g/mol. The van der Waals surface area contributed by atoms with Gasteiger partial charge in [-0.25, -0.2) is 0 Å². The van der Waals surface area contributed by atoms with E-state index >= 15 is 0 Å². The van der Waals surface area contributed by atoms with Crippen LogP contribution in [0.4, 0.5) is 0 Å². The third kappa shape index (κ3) is 4.12. The number of rotatable bonds is 2.